The summed E-state index contributed by atoms with van der Waals surface area (Å²) in [5.41, 5.74) is 0.773. The molecule has 0 heterocycles. The zero-order chi connectivity index (χ0) is 25.5. The largest absolute Gasteiger partial charge is 0.483 e. The first kappa shape index (κ1) is 27.3. The summed E-state index contributed by atoms with van der Waals surface area (Å²) >= 11 is 15.9. The van der Waals surface area contributed by atoms with Gasteiger partial charge in [0.1, 0.15) is 11.8 Å². The fourth-order valence-corrected chi connectivity index (χ4v) is 4.65. The van der Waals surface area contributed by atoms with Gasteiger partial charge in [-0.05, 0) is 62.8 Å². The maximum atomic E-state index is 13.4. The Bertz CT molecular complexity index is 1200. The monoisotopic (exact) mass is 578 g/mol. The molecule has 5 nitrogen and oxygen atoms in total. The topological polar surface area (TPSA) is 58.6 Å². The van der Waals surface area contributed by atoms with Crippen molar-refractivity contribution in [3.05, 3.63) is 74.7 Å². The van der Waals surface area contributed by atoms with Crippen LogP contribution in [0.1, 0.15) is 32.8 Å². The van der Waals surface area contributed by atoms with Crippen LogP contribution in [0.3, 0.4) is 0 Å². The van der Waals surface area contributed by atoms with Gasteiger partial charge in [0.05, 0.1) is 14.5 Å². The number of carbonyl (C=O) groups excluding carboxylic acids is 2. The molecule has 0 aromatic heterocycles. The van der Waals surface area contributed by atoms with Crippen LogP contribution in [0.5, 0.6) is 5.75 Å². The van der Waals surface area contributed by atoms with Crippen molar-refractivity contribution in [1.82, 2.24) is 10.2 Å². The van der Waals surface area contributed by atoms with E-state index >= 15 is 0 Å². The van der Waals surface area contributed by atoms with E-state index in [-0.39, 0.29) is 25.0 Å². The van der Waals surface area contributed by atoms with E-state index in [1.165, 1.54) is 0 Å². The van der Waals surface area contributed by atoms with Gasteiger partial charge < -0.3 is 15.0 Å². The minimum Gasteiger partial charge on any atom is -0.483 e. The van der Waals surface area contributed by atoms with Crippen LogP contribution in [0.25, 0.3) is 10.8 Å². The summed E-state index contributed by atoms with van der Waals surface area (Å²) in [5, 5.41) is 5.83. The number of hydrogen-bond acceptors (Lipinski definition) is 3. The van der Waals surface area contributed by atoms with Crippen LogP contribution in [-0.2, 0) is 16.1 Å². The highest BCUT2D eigenvalue weighted by atomic mass is 79.9. The van der Waals surface area contributed by atoms with Crippen molar-refractivity contribution in [3.8, 4) is 5.75 Å². The Morgan fingerprint density at radius 1 is 1.06 bits per heavy atom. The third-order valence-corrected chi connectivity index (χ3v) is 7.14. The van der Waals surface area contributed by atoms with E-state index in [2.05, 4.69) is 21.2 Å². The minimum absolute atomic E-state index is 0.193. The Morgan fingerprint density at radius 2 is 1.80 bits per heavy atom. The van der Waals surface area contributed by atoms with Crippen molar-refractivity contribution in [2.75, 3.05) is 13.2 Å². The van der Waals surface area contributed by atoms with Crippen LogP contribution in [0.4, 0.5) is 0 Å². The molecule has 0 aliphatic carbocycles. The molecule has 8 heteroatoms. The lowest BCUT2D eigenvalue weighted by Gasteiger charge is -2.31. The molecule has 186 valence electrons. The highest BCUT2D eigenvalue weighted by Crippen LogP contribution is 2.33. The summed E-state index contributed by atoms with van der Waals surface area (Å²) in [7, 11) is 0. The van der Waals surface area contributed by atoms with Crippen LogP contribution in [0.15, 0.2) is 59.1 Å². The third kappa shape index (κ3) is 7.12. The van der Waals surface area contributed by atoms with Crippen LogP contribution >= 0.6 is 39.1 Å². The van der Waals surface area contributed by atoms with Gasteiger partial charge in [0.2, 0.25) is 5.91 Å². The molecule has 0 saturated carbocycles. The molecular weight excluding hydrogens is 551 g/mol. The van der Waals surface area contributed by atoms with Gasteiger partial charge in [-0.15, -0.1) is 0 Å². The highest BCUT2D eigenvalue weighted by Gasteiger charge is 2.29. The summed E-state index contributed by atoms with van der Waals surface area (Å²) in [6, 6.07) is 16.2. The van der Waals surface area contributed by atoms with Crippen LogP contribution in [0.2, 0.25) is 10.0 Å². The number of nitrogens with one attached hydrogen (secondary N) is 1. The van der Waals surface area contributed by atoms with E-state index in [9.17, 15) is 9.59 Å². The fourth-order valence-electron chi connectivity index (χ4n) is 3.72. The maximum Gasteiger partial charge on any atom is 0.261 e. The molecule has 0 saturated heterocycles. The van der Waals surface area contributed by atoms with E-state index in [1.807, 2.05) is 57.2 Å². The number of ether oxygens (including phenoxy) is 1. The molecule has 35 heavy (non-hydrogen) atoms. The van der Waals surface area contributed by atoms with E-state index in [4.69, 9.17) is 27.9 Å². The second kappa shape index (κ2) is 12.6. The predicted molar refractivity (Wildman–Crippen MR) is 146 cm³/mol. The predicted octanol–water partition coefficient (Wildman–Crippen LogP) is 6.87. The van der Waals surface area contributed by atoms with Crippen molar-refractivity contribution < 1.29 is 14.3 Å². The molecule has 0 aliphatic heterocycles. The molecule has 0 unspecified atom stereocenters. The van der Waals surface area contributed by atoms with Crippen molar-refractivity contribution in [2.45, 2.75) is 39.8 Å². The number of rotatable bonds is 10. The summed E-state index contributed by atoms with van der Waals surface area (Å²) in [6.45, 7) is 6.45. The second-order valence-electron chi connectivity index (χ2n) is 8.72. The van der Waals surface area contributed by atoms with Crippen molar-refractivity contribution in [1.29, 1.82) is 0 Å². The lowest BCUT2D eigenvalue weighted by molar-refractivity contribution is -0.143. The number of carbonyl (C=O) groups is 2. The lowest BCUT2D eigenvalue weighted by Crippen LogP contribution is -2.50. The zero-order valence-corrected chi connectivity index (χ0v) is 23.1. The third-order valence-electron chi connectivity index (χ3n) is 5.59. The molecule has 1 atom stereocenters. The second-order valence-corrected chi connectivity index (χ2v) is 10.3. The number of halogens is 3. The van der Waals surface area contributed by atoms with Crippen molar-refractivity contribution in [2.24, 2.45) is 5.92 Å². The Labute approximate surface area is 224 Å². The zero-order valence-electron chi connectivity index (χ0n) is 20.0. The first-order valence-corrected chi connectivity index (χ1v) is 13.1. The number of amides is 2. The van der Waals surface area contributed by atoms with Gasteiger partial charge in [0, 0.05) is 13.1 Å². The van der Waals surface area contributed by atoms with Crippen molar-refractivity contribution >= 4 is 61.7 Å². The molecule has 2 amide bonds. The molecule has 0 fully saturated rings. The van der Waals surface area contributed by atoms with E-state index in [0.29, 0.717) is 34.7 Å². The Kier molecular flexibility index (Phi) is 9.84. The van der Waals surface area contributed by atoms with Crippen LogP contribution in [-0.4, -0.2) is 35.9 Å². The normalized spacial score (nSPS) is 12.0. The van der Waals surface area contributed by atoms with E-state index < -0.39 is 6.04 Å². The van der Waals surface area contributed by atoms with Crippen LogP contribution in [0, 0.1) is 5.92 Å². The highest BCUT2D eigenvalue weighted by molar-refractivity contribution is 9.10. The van der Waals surface area contributed by atoms with E-state index in [1.54, 1.807) is 23.1 Å². The first-order valence-electron chi connectivity index (χ1n) is 11.5. The molecule has 3 aromatic rings. The van der Waals surface area contributed by atoms with E-state index in [0.717, 1.165) is 20.8 Å². The average Bonchev–Trinajstić information content (AvgIpc) is 2.84. The first-order chi connectivity index (χ1) is 16.7. The van der Waals surface area contributed by atoms with Gasteiger partial charge in [-0.1, -0.05) is 80.4 Å². The van der Waals surface area contributed by atoms with Gasteiger partial charge in [0.15, 0.2) is 6.61 Å². The standard InChI is InChI=1S/C27H29BrCl2N2O3/c1-4-23(27(34)31-14-17(2)3)32(15-18-9-11-21(29)22(30)13-18)25(33)16-35-24-12-10-19-7-5-6-8-20(19)26(24)28/h5-13,17,23H,4,14-16H2,1-3H3,(H,31,34)/t23-/m1/s1. The molecule has 0 spiro atoms. The molecule has 0 bridgehead atoms. The van der Waals surface area contributed by atoms with Gasteiger partial charge in [-0.2, -0.15) is 0 Å². The molecule has 0 radical (unpaired) electrons. The number of nitrogens with zero attached hydrogens (tertiary/aromatic N) is 1. The van der Waals surface area contributed by atoms with Gasteiger partial charge in [-0.3, -0.25) is 9.59 Å². The van der Waals surface area contributed by atoms with Gasteiger partial charge in [-0.25, -0.2) is 0 Å². The maximum absolute atomic E-state index is 13.4. The Morgan fingerprint density at radius 3 is 2.49 bits per heavy atom. The Hall–Kier alpha value is -2.28. The number of fused-ring (bicyclic) bond motifs is 1. The molecule has 3 rings (SSSR count). The Balaban J connectivity index is 1.83. The summed E-state index contributed by atoms with van der Waals surface area (Å²) in [5.74, 6) is 0.359. The fraction of sp³-hybridized carbons (Fsp3) is 0.333. The average molecular weight is 580 g/mol. The number of benzene rings is 3. The minimum atomic E-state index is -0.653. The van der Waals surface area contributed by atoms with Crippen molar-refractivity contribution in [3.63, 3.8) is 0 Å². The SMILES string of the molecule is CC[C@H](C(=O)NCC(C)C)N(Cc1ccc(Cl)c(Cl)c1)C(=O)COc1ccc2ccccc2c1Br. The molecule has 3 aromatic carbocycles. The smallest absolute Gasteiger partial charge is 0.261 e. The van der Waals surface area contributed by atoms with Crippen LogP contribution < -0.4 is 10.1 Å². The summed E-state index contributed by atoms with van der Waals surface area (Å²) < 4.78 is 6.70. The molecular formula is C27H29BrCl2N2O3. The lowest BCUT2D eigenvalue weighted by atomic mass is 10.1. The number of hydrogen-bond donors (Lipinski definition) is 1. The van der Waals surface area contributed by atoms with Gasteiger partial charge in [0.25, 0.3) is 5.91 Å². The quantitative estimate of drug-likeness (QED) is 0.285. The molecule has 1 N–H and O–H groups in total. The summed E-state index contributed by atoms with van der Waals surface area (Å²) in [6.07, 6.45) is 0.455. The van der Waals surface area contributed by atoms with Gasteiger partial charge >= 0.3 is 0 Å². The molecule has 0 aliphatic rings. The summed E-state index contributed by atoms with van der Waals surface area (Å²) in [4.78, 5) is 28.0.